The van der Waals surface area contributed by atoms with Crippen molar-refractivity contribution in [1.82, 2.24) is 0 Å². The molecule has 0 aromatic rings. The Morgan fingerprint density at radius 3 is 2.67 bits per heavy atom. The van der Waals surface area contributed by atoms with E-state index in [1.54, 1.807) is 0 Å². The van der Waals surface area contributed by atoms with Crippen LogP contribution in [-0.4, -0.2) is 29.1 Å². The van der Waals surface area contributed by atoms with Gasteiger partial charge < -0.3 is 10.8 Å². The van der Waals surface area contributed by atoms with Crippen molar-refractivity contribution in [3.63, 3.8) is 0 Å². The Bertz CT molecular complexity index is 130. The van der Waals surface area contributed by atoms with E-state index in [1.807, 2.05) is 11.8 Å². The molecule has 3 N–H and O–H groups in total. The summed E-state index contributed by atoms with van der Waals surface area (Å²) >= 11 is 1.82. The van der Waals surface area contributed by atoms with Gasteiger partial charge in [-0.25, -0.2) is 0 Å². The van der Waals surface area contributed by atoms with Crippen molar-refractivity contribution in [3.05, 3.63) is 0 Å². The van der Waals surface area contributed by atoms with E-state index in [2.05, 4.69) is 6.26 Å². The molecule has 0 aliphatic rings. The third kappa shape index (κ3) is 6.49. The first-order valence-electron chi connectivity index (χ1n) is 4.15. The number of carbonyl (C=O) groups is 1. The van der Waals surface area contributed by atoms with Crippen molar-refractivity contribution in [3.8, 4) is 0 Å². The van der Waals surface area contributed by atoms with Gasteiger partial charge in [-0.3, -0.25) is 4.79 Å². The van der Waals surface area contributed by atoms with Crippen LogP contribution in [0.3, 0.4) is 0 Å². The van der Waals surface area contributed by atoms with Crippen LogP contribution in [0.4, 0.5) is 0 Å². The maximum Gasteiger partial charge on any atom is 0.320 e. The molecule has 3 nitrogen and oxygen atoms in total. The average Bonchev–Trinajstić information content (AvgIpc) is 2.03. The summed E-state index contributed by atoms with van der Waals surface area (Å²) < 4.78 is 0. The van der Waals surface area contributed by atoms with Crippen molar-refractivity contribution < 1.29 is 9.90 Å². The van der Waals surface area contributed by atoms with E-state index >= 15 is 0 Å². The predicted octanol–water partition coefficient (Wildman–Crippen LogP) is 1.32. The zero-order valence-electron chi connectivity index (χ0n) is 7.45. The third-order valence-electron chi connectivity index (χ3n) is 1.68. The maximum absolute atomic E-state index is 10.3. The van der Waals surface area contributed by atoms with Gasteiger partial charge in [-0.1, -0.05) is 12.8 Å². The largest absolute Gasteiger partial charge is 0.480 e. The number of unbranched alkanes of at least 4 members (excludes halogenated alkanes) is 2. The molecule has 0 fully saturated rings. The molecule has 1 atom stereocenters. The van der Waals surface area contributed by atoms with E-state index in [-0.39, 0.29) is 0 Å². The molecular weight excluding hydrogens is 174 g/mol. The quantitative estimate of drug-likeness (QED) is 0.596. The first kappa shape index (κ1) is 11.8. The molecule has 0 aliphatic carbocycles. The first-order chi connectivity index (χ1) is 5.68. The van der Waals surface area contributed by atoms with E-state index < -0.39 is 12.0 Å². The number of aliphatic carboxylic acids is 1. The number of hydrogen-bond acceptors (Lipinski definition) is 3. The third-order valence-corrected chi connectivity index (χ3v) is 2.38. The standard InChI is InChI=1S/C8H17NO2S/c1-12-6-4-2-3-5-7(9)8(10)11/h7H,2-6,9H2,1H3,(H,10,11)/t7-/m0/s1. The van der Waals surface area contributed by atoms with Crippen molar-refractivity contribution >= 4 is 17.7 Å². The van der Waals surface area contributed by atoms with Crippen LogP contribution in [0, 0.1) is 0 Å². The second-order valence-corrected chi connectivity index (χ2v) is 3.77. The van der Waals surface area contributed by atoms with Crippen LogP contribution < -0.4 is 5.73 Å². The number of hydrogen-bond donors (Lipinski definition) is 2. The Morgan fingerprint density at radius 1 is 1.50 bits per heavy atom. The molecule has 12 heavy (non-hydrogen) atoms. The molecular formula is C8H17NO2S. The van der Waals surface area contributed by atoms with E-state index in [1.165, 1.54) is 0 Å². The zero-order chi connectivity index (χ0) is 9.40. The Kier molecular flexibility index (Phi) is 7.29. The predicted molar refractivity (Wildman–Crippen MR) is 52.5 cm³/mol. The van der Waals surface area contributed by atoms with Gasteiger partial charge in [0.15, 0.2) is 0 Å². The smallest absolute Gasteiger partial charge is 0.320 e. The van der Waals surface area contributed by atoms with Gasteiger partial charge in [0.1, 0.15) is 6.04 Å². The van der Waals surface area contributed by atoms with Gasteiger partial charge in [0.2, 0.25) is 0 Å². The highest BCUT2D eigenvalue weighted by Gasteiger charge is 2.09. The van der Waals surface area contributed by atoms with Crippen LogP contribution in [0.5, 0.6) is 0 Å². The van der Waals surface area contributed by atoms with Crippen molar-refractivity contribution in [2.75, 3.05) is 12.0 Å². The highest BCUT2D eigenvalue weighted by Crippen LogP contribution is 2.05. The Labute approximate surface area is 77.7 Å². The maximum atomic E-state index is 10.3. The molecule has 0 aliphatic heterocycles. The number of nitrogens with two attached hydrogens (primary N) is 1. The lowest BCUT2D eigenvalue weighted by atomic mass is 10.1. The van der Waals surface area contributed by atoms with Gasteiger partial charge in [-0.15, -0.1) is 0 Å². The molecule has 0 aromatic carbocycles. The minimum Gasteiger partial charge on any atom is -0.480 e. The number of carboxylic acids is 1. The van der Waals surface area contributed by atoms with Crippen LogP contribution in [0.15, 0.2) is 0 Å². The van der Waals surface area contributed by atoms with Gasteiger partial charge in [0, 0.05) is 0 Å². The molecule has 0 saturated heterocycles. The number of rotatable bonds is 7. The lowest BCUT2D eigenvalue weighted by Gasteiger charge is -2.04. The Morgan fingerprint density at radius 2 is 2.17 bits per heavy atom. The Balaban J connectivity index is 3.14. The van der Waals surface area contributed by atoms with Gasteiger partial charge in [0.05, 0.1) is 0 Å². The SMILES string of the molecule is CSCCCCC[C@H](N)C(=O)O. The van der Waals surface area contributed by atoms with Gasteiger partial charge in [-0.2, -0.15) is 11.8 Å². The number of carboxylic acid groups (broad SMARTS) is 1. The van der Waals surface area contributed by atoms with Crippen LogP contribution in [0.1, 0.15) is 25.7 Å². The Hall–Kier alpha value is -0.220. The van der Waals surface area contributed by atoms with E-state index in [0.29, 0.717) is 6.42 Å². The van der Waals surface area contributed by atoms with Crippen molar-refractivity contribution in [2.45, 2.75) is 31.7 Å². The molecule has 72 valence electrons. The fourth-order valence-corrected chi connectivity index (χ4v) is 1.40. The molecule has 0 spiro atoms. The van der Waals surface area contributed by atoms with Crippen molar-refractivity contribution in [1.29, 1.82) is 0 Å². The van der Waals surface area contributed by atoms with E-state index in [4.69, 9.17) is 10.8 Å². The summed E-state index contributed by atoms with van der Waals surface area (Å²) in [6.07, 6.45) is 5.84. The molecule has 4 heteroatoms. The highest BCUT2D eigenvalue weighted by atomic mass is 32.2. The molecule has 0 rings (SSSR count). The van der Waals surface area contributed by atoms with Crippen LogP contribution in [0.25, 0.3) is 0 Å². The monoisotopic (exact) mass is 191 g/mol. The fraction of sp³-hybridized carbons (Fsp3) is 0.875. The topological polar surface area (TPSA) is 63.3 Å². The van der Waals surface area contributed by atoms with Gasteiger partial charge in [-0.05, 0) is 24.9 Å². The first-order valence-corrected chi connectivity index (χ1v) is 5.55. The molecule has 0 aromatic heterocycles. The summed E-state index contributed by atoms with van der Waals surface area (Å²) in [5.41, 5.74) is 5.33. The second kappa shape index (κ2) is 7.43. The lowest BCUT2D eigenvalue weighted by Crippen LogP contribution is -2.29. The second-order valence-electron chi connectivity index (χ2n) is 2.79. The summed E-state index contributed by atoms with van der Waals surface area (Å²) in [6, 6.07) is -0.667. The minimum absolute atomic E-state index is 0.601. The normalized spacial score (nSPS) is 12.8. The summed E-state index contributed by atoms with van der Waals surface area (Å²) in [4.78, 5) is 10.3. The fourth-order valence-electron chi connectivity index (χ4n) is 0.911. The lowest BCUT2D eigenvalue weighted by molar-refractivity contribution is -0.138. The van der Waals surface area contributed by atoms with Crippen molar-refractivity contribution in [2.24, 2.45) is 5.73 Å². The minimum atomic E-state index is -0.889. The molecule has 0 radical (unpaired) electrons. The van der Waals surface area contributed by atoms with Gasteiger partial charge >= 0.3 is 5.97 Å². The summed E-state index contributed by atoms with van der Waals surface area (Å²) in [5, 5.41) is 8.46. The van der Waals surface area contributed by atoms with Gasteiger partial charge in [0.25, 0.3) is 0 Å². The summed E-state index contributed by atoms with van der Waals surface area (Å²) in [7, 11) is 0. The van der Waals surface area contributed by atoms with E-state index in [9.17, 15) is 4.79 Å². The molecule has 0 heterocycles. The number of thioether (sulfide) groups is 1. The summed E-state index contributed by atoms with van der Waals surface area (Å²) in [6.45, 7) is 0. The molecule has 0 saturated carbocycles. The van der Waals surface area contributed by atoms with E-state index in [0.717, 1.165) is 25.0 Å². The molecule has 0 unspecified atom stereocenters. The zero-order valence-corrected chi connectivity index (χ0v) is 8.27. The van der Waals surface area contributed by atoms with Crippen LogP contribution in [0.2, 0.25) is 0 Å². The molecule has 0 amide bonds. The van der Waals surface area contributed by atoms with Crippen LogP contribution >= 0.6 is 11.8 Å². The average molecular weight is 191 g/mol. The molecule has 0 bridgehead atoms. The van der Waals surface area contributed by atoms with Crippen LogP contribution in [-0.2, 0) is 4.79 Å². The highest BCUT2D eigenvalue weighted by molar-refractivity contribution is 7.98. The summed E-state index contributed by atoms with van der Waals surface area (Å²) in [5.74, 6) is 0.266.